The Balaban J connectivity index is 2.57. The average molecular weight is 474 g/mol. The Labute approximate surface area is 170 Å². The summed E-state index contributed by atoms with van der Waals surface area (Å²) in [6.07, 6.45) is -12.7. The van der Waals surface area contributed by atoms with Gasteiger partial charge in [0.05, 0.1) is 15.5 Å². The Morgan fingerprint density at radius 2 is 1.39 bits per heavy atom. The Kier molecular flexibility index (Phi) is 6.02. The first-order chi connectivity index (χ1) is 13.9. The molecule has 0 aliphatic carbocycles. The van der Waals surface area contributed by atoms with Gasteiger partial charge in [0.25, 0.3) is 15.7 Å². The second kappa shape index (κ2) is 7.66. The van der Waals surface area contributed by atoms with Crippen LogP contribution in [0.4, 0.5) is 42.1 Å². The van der Waals surface area contributed by atoms with Crippen molar-refractivity contribution in [2.45, 2.75) is 36.8 Å². The quantitative estimate of drug-likeness (QED) is 0.362. The molecule has 2 aromatic rings. The standard InChI is InChI=1S/C17H13F7N2O4S/c1-9-6-11(15(18,16(19,20)21)17(22,23)24)7-10(2)14(9)25-31(29,30)13-5-3-4-12(8-13)26(27)28/h3-8,25H,1-2H3. The SMILES string of the molecule is Cc1cc(C(F)(C(F)(F)F)C(F)(F)F)cc(C)c1NS(=O)(=O)c1cccc([N+](=O)[O-])c1. The number of nitrogens with one attached hydrogen (secondary N) is 1. The van der Waals surface area contributed by atoms with E-state index in [1.54, 1.807) is 0 Å². The number of sulfonamides is 1. The lowest BCUT2D eigenvalue weighted by molar-refractivity contribution is -0.385. The summed E-state index contributed by atoms with van der Waals surface area (Å²) in [6, 6.07) is 4.26. The second-order valence-corrected chi connectivity index (χ2v) is 8.18. The second-order valence-electron chi connectivity index (χ2n) is 6.50. The fraction of sp³-hybridized carbons (Fsp3) is 0.294. The molecule has 2 aromatic carbocycles. The van der Waals surface area contributed by atoms with Gasteiger partial charge in [-0.1, -0.05) is 18.2 Å². The number of alkyl halides is 7. The van der Waals surface area contributed by atoms with Gasteiger partial charge in [0.1, 0.15) is 0 Å². The highest BCUT2D eigenvalue weighted by molar-refractivity contribution is 7.92. The van der Waals surface area contributed by atoms with E-state index >= 15 is 0 Å². The number of hydrogen-bond acceptors (Lipinski definition) is 4. The van der Waals surface area contributed by atoms with Crippen LogP contribution in [-0.4, -0.2) is 25.7 Å². The Bertz CT molecular complexity index is 1090. The van der Waals surface area contributed by atoms with Gasteiger partial charge >= 0.3 is 18.0 Å². The maximum Gasteiger partial charge on any atom is 0.435 e. The van der Waals surface area contributed by atoms with E-state index in [0.29, 0.717) is 6.07 Å². The highest BCUT2D eigenvalue weighted by Crippen LogP contribution is 2.53. The molecule has 170 valence electrons. The molecule has 0 atom stereocenters. The number of hydrogen-bond donors (Lipinski definition) is 1. The minimum Gasteiger partial charge on any atom is -0.279 e. The van der Waals surface area contributed by atoms with Crippen LogP contribution in [0, 0.1) is 24.0 Å². The molecule has 31 heavy (non-hydrogen) atoms. The van der Waals surface area contributed by atoms with Crippen molar-refractivity contribution in [2.24, 2.45) is 0 Å². The van der Waals surface area contributed by atoms with E-state index in [1.807, 2.05) is 4.72 Å². The predicted octanol–water partition coefficient (Wildman–Crippen LogP) is 5.30. The fourth-order valence-electron chi connectivity index (χ4n) is 2.77. The van der Waals surface area contributed by atoms with Crippen LogP contribution in [0.25, 0.3) is 0 Å². The van der Waals surface area contributed by atoms with Crippen LogP contribution >= 0.6 is 0 Å². The number of nitro groups is 1. The molecule has 14 heteroatoms. The molecule has 0 saturated carbocycles. The fourth-order valence-corrected chi connectivity index (χ4v) is 4.01. The van der Waals surface area contributed by atoms with Crippen LogP contribution in [0.2, 0.25) is 0 Å². The summed E-state index contributed by atoms with van der Waals surface area (Å²) in [5.74, 6) is 0. The number of anilines is 1. The van der Waals surface area contributed by atoms with Crippen molar-refractivity contribution in [1.29, 1.82) is 0 Å². The Morgan fingerprint density at radius 3 is 1.81 bits per heavy atom. The normalized spacial score (nSPS) is 13.2. The number of nitro benzene ring substituents is 1. The van der Waals surface area contributed by atoms with Crippen molar-refractivity contribution in [3.63, 3.8) is 0 Å². The highest BCUT2D eigenvalue weighted by atomic mass is 32.2. The molecular weight excluding hydrogens is 461 g/mol. The summed E-state index contributed by atoms with van der Waals surface area (Å²) < 4.78 is 119. The minimum atomic E-state index is -6.33. The molecule has 0 heterocycles. The molecule has 0 aliphatic rings. The maximum absolute atomic E-state index is 14.3. The van der Waals surface area contributed by atoms with Crippen LogP contribution in [0.15, 0.2) is 41.3 Å². The van der Waals surface area contributed by atoms with Crippen molar-refractivity contribution >= 4 is 21.4 Å². The maximum atomic E-state index is 14.3. The molecule has 0 radical (unpaired) electrons. The van der Waals surface area contributed by atoms with Gasteiger partial charge < -0.3 is 0 Å². The van der Waals surface area contributed by atoms with Gasteiger partial charge in [-0.15, -0.1) is 0 Å². The lowest BCUT2D eigenvalue weighted by Gasteiger charge is -2.31. The third kappa shape index (κ3) is 4.43. The molecule has 0 aromatic heterocycles. The lowest BCUT2D eigenvalue weighted by atomic mass is 9.90. The van der Waals surface area contributed by atoms with E-state index in [0.717, 1.165) is 32.0 Å². The van der Waals surface area contributed by atoms with Gasteiger partial charge in [0.2, 0.25) is 0 Å². The summed E-state index contributed by atoms with van der Waals surface area (Å²) in [6.45, 7) is 1.96. The molecule has 0 aliphatic heterocycles. The van der Waals surface area contributed by atoms with Crippen LogP contribution in [0.5, 0.6) is 0 Å². The average Bonchev–Trinajstić information content (AvgIpc) is 2.62. The highest BCUT2D eigenvalue weighted by Gasteiger charge is 2.73. The van der Waals surface area contributed by atoms with E-state index in [-0.39, 0.29) is 12.1 Å². The zero-order valence-electron chi connectivity index (χ0n) is 15.6. The largest absolute Gasteiger partial charge is 0.435 e. The van der Waals surface area contributed by atoms with E-state index in [1.165, 1.54) is 0 Å². The number of rotatable bonds is 5. The van der Waals surface area contributed by atoms with Gasteiger partial charge in [-0.25, -0.2) is 12.8 Å². The van der Waals surface area contributed by atoms with Crippen LogP contribution in [0.3, 0.4) is 0 Å². The van der Waals surface area contributed by atoms with Gasteiger partial charge in [0, 0.05) is 17.7 Å². The summed E-state index contributed by atoms with van der Waals surface area (Å²) in [5, 5.41) is 10.8. The molecule has 6 nitrogen and oxygen atoms in total. The summed E-state index contributed by atoms with van der Waals surface area (Å²) >= 11 is 0. The lowest BCUT2D eigenvalue weighted by Crippen LogP contribution is -2.50. The third-order valence-electron chi connectivity index (χ3n) is 4.29. The van der Waals surface area contributed by atoms with Crippen molar-refractivity contribution < 1.29 is 44.1 Å². The first-order valence-electron chi connectivity index (χ1n) is 8.13. The zero-order valence-corrected chi connectivity index (χ0v) is 16.4. The first-order valence-corrected chi connectivity index (χ1v) is 9.61. The summed E-state index contributed by atoms with van der Waals surface area (Å²) in [4.78, 5) is 9.38. The van der Waals surface area contributed by atoms with Crippen LogP contribution in [-0.2, 0) is 15.7 Å². The molecule has 0 bridgehead atoms. The molecule has 0 unspecified atom stereocenters. The zero-order chi connectivity index (χ0) is 24.0. The van der Waals surface area contributed by atoms with Crippen molar-refractivity contribution in [2.75, 3.05) is 4.72 Å². The topological polar surface area (TPSA) is 89.3 Å². The molecule has 0 amide bonds. The van der Waals surface area contributed by atoms with Crippen molar-refractivity contribution in [3.05, 3.63) is 63.2 Å². The number of non-ortho nitro benzene ring substituents is 1. The monoisotopic (exact) mass is 474 g/mol. The van der Waals surface area contributed by atoms with Crippen LogP contribution in [0.1, 0.15) is 16.7 Å². The number of nitrogens with zero attached hydrogens (tertiary/aromatic N) is 1. The molecule has 0 saturated heterocycles. The van der Waals surface area contributed by atoms with Gasteiger partial charge in [-0.2, -0.15) is 26.3 Å². The van der Waals surface area contributed by atoms with Crippen LogP contribution < -0.4 is 4.72 Å². The molecule has 0 fully saturated rings. The van der Waals surface area contributed by atoms with Gasteiger partial charge in [-0.05, 0) is 31.0 Å². The molecule has 2 rings (SSSR count). The number of aryl methyl sites for hydroxylation is 2. The molecular formula is C17H13F7N2O4S. The van der Waals surface area contributed by atoms with Crippen molar-refractivity contribution in [1.82, 2.24) is 0 Å². The van der Waals surface area contributed by atoms with Crippen molar-refractivity contribution in [3.8, 4) is 0 Å². The summed E-state index contributed by atoms with van der Waals surface area (Å²) in [5.41, 5.74) is -9.27. The molecule has 0 spiro atoms. The first kappa shape index (κ1) is 24.4. The minimum absolute atomic E-state index is 0.235. The van der Waals surface area contributed by atoms with Gasteiger partial charge in [0.15, 0.2) is 0 Å². The third-order valence-corrected chi connectivity index (χ3v) is 5.63. The summed E-state index contributed by atoms with van der Waals surface area (Å²) in [7, 11) is -4.51. The predicted molar refractivity (Wildman–Crippen MR) is 94.7 cm³/mol. The van der Waals surface area contributed by atoms with Gasteiger partial charge in [-0.3, -0.25) is 14.8 Å². The van der Waals surface area contributed by atoms with E-state index in [2.05, 4.69) is 0 Å². The number of halogens is 7. The Hall–Kier alpha value is -2.90. The Morgan fingerprint density at radius 1 is 0.903 bits per heavy atom. The molecule has 1 N–H and O–H groups in total. The smallest absolute Gasteiger partial charge is 0.279 e. The van der Waals surface area contributed by atoms with E-state index in [9.17, 15) is 49.3 Å². The number of benzene rings is 2. The van der Waals surface area contributed by atoms with E-state index in [4.69, 9.17) is 0 Å². The van der Waals surface area contributed by atoms with E-state index < -0.39 is 65.9 Å².